The number of rotatable bonds is 3. The Hall–Kier alpha value is 2.10. The summed E-state index contributed by atoms with van der Waals surface area (Å²) < 4.78 is 13.7. The number of hydrogen-bond donors (Lipinski definition) is 3. The molecule has 0 bridgehead atoms. The first kappa shape index (κ1) is 19.6. The Bertz CT molecular complexity index is 178. The van der Waals surface area contributed by atoms with Crippen LogP contribution in [-0.2, 0) is 13.9 Å². The van der Waals surface area contributed by atoms with Crippen molar-refractivity contribution in [1.29, 1.82) is 0 Å². The van der Waals surface area contributed by atoms with Crippen LogP contribution in [0.25, 0.3) is 0 Å². The molecular formula is C3H11Ca2O6P. The Kier molecular flexibility index (Phi) is 13.8. The van der Waals surface area contributed by atoms with E-state index in [1.165, 1.54) is 0 Å². The van der Waals surface area contributed by atoms with Gasteiger partial charge in [0.05, 0.1) is 0 Å². The molecular weight excluding hydrogens is 243 g/mol. The van der Waals surface area contributed by atoms with E-state index in [4.69, 9.17) is 14.9 Å². The second-order valence-electron chi connectivity index (χ2n) is 1.58. The molecule has 0 heterocycles. The molecule has 0 aromatic heterocycles. The SMILES string of the molecule is CC(OP(=O)(O)O)C(=O)O.[CaH2].[CaH2]. The van der Waals surface area contributed by atoms with Crippen LogP contribution in [-0.4, -0.2) is 102 Å². The van der Waals surface area contributed by atoms with Crippen LogP contribution in [0.2, 0.25) is 0 Å². The molecule has 0 aromatic rings. The van der Waals surface area contributed by atoms with E-state index in [2.05, 4.69) is 4.52 Å². The molecule has 0 spiro atoms. The second kappa shape index (κ2) is 8.41. The van der Waals surface area contributed by atoms with Gasteiger partial charge < -0.3 is 14.9 Å². The Morgan fingerprint density at radius 1 is 1.42 bits per heavy atom. The Labute approximate surface area is 129 Å². The van der Waals surface area contributed by atoms with E-state index in [0.717, 1.165) is 6.92 Å². The van der Waals surface area contributed by atoms with Gasteiger partial charge >= 0.3 is 89.3 Å². The average Bonchev–Trinajstić information content (AvgIpc) is 1.60. The molecule has 0 aromatic carbocycles. The topological polar surface area (TPSA) is 104 Å². The van der Waals surface area contributed by atoms with Crippen molar-refractivity contribution < 1.29 is 28.8 Å². The van der Waals surface area contributed by atoms with Gasteiger partial charge in [-0.15, -0.1) is 0 Å². The molecule has 0 fully saturated rings. The molecule has 9 heteroatoms. The zero-order valence-electron chi connectivity index (χ0n) is 5.09. The molecule has 0 rings (SSSR count). The summed E-state index contributed by atoms with van der Waals surface area (Å²) in [5, 5.41) is 8.08. The van der Waals surface area contributed by atoms with Gasteiger partial charge in [-0.05, 0) is 6.92 Å². The van der Waals surface area contributed by atoms with E-state index in [9.17, 15) is 9.36 Å². The van der Waals surface area contributed by atoms with Crippen molar-refractivity contribution in [3.05, 3.63) is 0 Å². The number of carbonyl (C=O) groups is 1. The van der Waals surface area contributed by atoms with Gasteiger partial charge in [-0.3, -0.25) is 4.52 Å². The third-order valence-corrected chi connectivity index (χ3v) is 1.23. The second-order valence-corrected chi connectivity index (χ2v) is 2.77. The standard InChI is InChI=1S/C3H7O6P.2Ca.4H/c1-2(3(4)5)9-10(6,7)8;;;;;;/h2H,1H3,(H,4,5)(H2,6,7,8);;;;;;. The van der Waals surface area contributed by atoms with Crippen molar-refractivity contribution in [3.8, 4) is 0 Å². The van der Waals surface area contributed by atoms with Crippen molar-refractivity contribution in [1.82, 2.24) is 0 Å². The summed E-state index contributed by atoms with van der Waals surface area (Å²) in [5.41, 5.74) is 0. The predicted molar refractivity (Wildman–Crippen MR) is 47.3 cm³/mol. The van der Waals surface area contributed by atoms with Gasteiger partial charge in [0, 0.05) is 0 Å². The van der Waals surface area contributed by atoms with E-state index in [1.54, 1.807) is 0 Å². The summed E-state index contributed by atoms with van der Waals surface area (Å²) in [5.74, 6) is -1.41. The van der Waals surface area contributed by atoms with Crippen molar-refractivity contribution in [3.63, 3.8) is 0 Å². The summed E-state index contributed by atoms with van der Waals surface area (Å²) >= 11 is 0. The van der Waals surface area contributed by atoms with E-state index in [-0.39, 0.29) is 75.5 Å². The van der Waals surface area contributed by atoms with Crippen molar-refractivity contribution in [2.24, 2.45) is 0 Å². The third kappa shape index (κ3) is 12.1. The molecule has 0 saturated heterocycles. The summed E-state index contributed by atoms with van der Waals surface area (Å²) in [4.78, 5) is 26.0. The zero-order chi connectivity index (χ0) is 8.36. The molecule has 1 atom stereocenters. The van der Waals surface area contributed by atoms with Crippen molar-refractivity contribution >= 4 is 89.3 Å². The molecule has 6 nitrogen and oxygen atoms in total. The zero-order valence-corrected chi connectivity index (χ0v) is 5.99. The predicted octanol–water partition coefficient (Wildman–Crippen LogP) is -2.26. The van der Waals surface area contributed by atoms with Crippen LogP contribution >= 0.6 is 7.82 Å². The van der Waals surface area contributed by atoms with Crippen LogP contribution < -0.4 is 0 Å². The van der Waals surface area contributed by atoms with E-state index < -0.39 is 19.9 Å². The Morgan fingerprint density at radius 2 is 1.75 bits per heavy atom. The van der Waals surface area contributed by atoms with Crippen LogP contribution in [0.4, 0.5) is 0 Å². The van der Waals surface area contributed by atoms with Gasteiger partial charge in [0.15, 0.2) is 6.10 Å². The van der Waals surface area contributed by atoms with Gasteiger partial charge in [-0.25, -0.2) is 9.36 Å². The number of carboxylic acid groups (broad SMARTS) is 1. The number of carboxylic acids is 1. The molecule has 12 heavy (non-hydrogen) atoms. The molecule has 0 amide bonds. The van der Waals surface area contributed by atoms with Gasteiger partial charge in [0.2, 0.25) is 0 Å². The van der Waals surface area contributed by atoms with Gasteiger partial charge in [0.1, 0.15) is 0 Å². The summed E-state index contributed by atoms with van der Waals surface area (Å²) in [7, 11) is -4.66. The first-order valence-corrected chi connectivity index (χ1v) is 3.82. The van der Waals surface area contributed by atoms with Crippen LogP contribution in [0.3, 0.4) is 0 Å². The molecule has 3 N–H and O–H groups in total. The summed E-state index contributed by atoms with van der Waals surface area (Å²) in [6.07, 6.45) is -1.49. The quantitative estimate of drug-likeness (QED) is 0.388. The minimum absolute atomic E-state index is 0. The van der Waals surface area contributed by atoms with Gasteiger partial charge in [0.25, 0.3) is 0 Å². The molecule has 0 radical (unpaired) electrons. The number of phosphoric ester groups is 1. The molecule has 0 aliphatic carbocycles. The molecule has 0 aliphatic heterocycles. The first-order chi connectivity index (χ1) is 4.33. The molecule has 68 valence electrons. The maximum absolute atomic E-state index is 9.96. The van der Waals surface area contributed by atoms with Crippen LogP contribution in [0.5, 0.6) is 0 Å². The minimum atomic E-state index is -4.66. The average molecular weight is 254 g/mol. The fourth-order valence-electron chi connectivity index (χ4n) is 0.251. The van der Waals surface area contributed by atoms with Crippen LogP contribution in [0, 0.1) is 0 Å². The molecule has 0 aliphatic rings. The third-order valence-electron chi connectivity index (χ3n) is 0.643. The van der Waals surface area contributed by atoms with Crippen LogP contribution in [0.15, 0.2) is 0 Å². The van der Waals surface area contributed by atoms with E-state index in [0.29, 0.717) is 0 Å². The number of phosphoric acid groups is 1. The maximum atomic E-state index is 9.96. The van der Waals surface area contributed by atoms with E-state index >= 15 is 0 Å². The normalized spacial score (nSPS) is 12.2. The number of hydrogen-bond acceptors (Lipinski definition) is 3. The first-order valence-electron chi connectivity index (χ1n) is 2.29. The monoisotopic (exact) mass is 254 g/mol. The fraction of sp³-hybridized carbons (Fsp3) is 0.667. The Balaban J connectivity index is -0.000000405. The summed E-state index contributed by atoms with van der Waals surface area (Å²) in [6, 6.07) is 0. The van der Waals surface area contributed by atoms with Crippen molar-refractivity contribution in [2.75, 3.05) is 0 Å². The molecule has 1 unspecified atom stereocenters. The van der Waals surface area contributed by atoms with Crippen LogP contribution in [0.1, 0.15) is 6.92 Å². The summed E-state index contributed by atoms with van der Waals surface area (Å²) in [6.45, 7) is 1.03. The van der Waals surface area contributed by atoms with Gasteiger partial charge in [-0.1, -0.05) is 0 Å². The van der Waals surface area contributed by atoms with Crippen molar-refractivity contribution in [2.45, 2.75) is 13.0 Å². The van der Waals surface area contributed by atoms with E-state index in [1.807, 2.05) is 0 Å². The van der Waals surface area contributed by atoms with Gasteiger partial charge in [-0.2, -0.15) is 0 Å². The molecule has 0 saturated carbocycles. The number of aliphatic carboxylic acids is 1. The fourth-order valence-corrected chi connectivity index (χ4v) is 0.753. The Morgan fingerprint density at radius 3 is 1.83 bits per heavy atom.